The number of aryl methyl sites for hydroxylation is 1. The number of nitriles is 1. The smallest absolute Gasteiger partial charge is 0.0998 e. The predicted molar refractivity (Wildman–Crippen MR) is 67.3 cm³/mol. The summed E-state index contributed by atoms with van der Waals surface area (Å²) in [6.45, 7) is 2.03. The van der Waals surface area contributed by atoms with E-state index in [2.05, 4.69) is 6.07 Å². The second-order valence-corrected chi connectivity index (χ2v) is 3.96. The molecule has 0 saturated heterocycles. The minimum atomic E-state index is 0.0427. The molecule has 84 valence electrons. The lowest BCUT2D eigenvalue weighted by Gasteiger charge is -2.09. The van der Waals surface area contributed by atoms with E-state index in [1.54, 1.807) is 0 Å². The van der Waals surface area contributed by atoms with Crippen molar-refractivity contribution in [3.8, 4) is 17.2 Å². The minimum absolute atomic E-state index is 0.0427. The van der Waals surface area contributed by atoms with Crippen molar-refractivity contribution in [2.24, 2.45) is 0 Å². The molecule has 2 nitrogen and oxygen atoms in total. The second kappa shape index (κ2) is 4.82. The summed E-state index contributed by atoms with van der Waals surface area (Å²) in [5.74, 6) is 0. The molecule has 0 amide bonds. The average Bonchev–Trinajstić information content (AvgIpc) is 2.38. The lowest BCUT2D eigenvalue weighted by atomic mass is 9.95. The number of rotatable bonds is 2. The van der Waals surface area contributed by atoms with Gasteiger partial charge >= 0.3 is 0 Å². The molecule has 0 saturated carbocycles. The van der Waals surface area contributed by atoms with Crippen molar-refractivity contribution in [2.45, 2.75) is 13.5 Å². The lowest BCUT2D eigenvalue weighted by molar-refractivity contribution is 0.282. The van der Waals surface area contributed by atoms with Crippen LogP contribution in [0.1, 0.15) is 16.7 Å². The van der Waals surface area contributed by atoms with Gasteiger partial charge in [0.15, 0.2) is 0 Å². The Morgan fingerprint density at radius 2 is 1.88 bits per heavy atom. The van der Waals surface area contributed by atoms with Gasteiger partial charge in [0.1, 0.15) is 0 Å². The van der Waals surface area contributed by atoms with Crippen LogP contribution in [0.2, 0.25) is 0 Å². The average molecular weight is 223 g/mol. The summed E-state index contributed by atoms with van der Waals surface area (Å²) >= 11 is 0. The van der Waals surface area contributed by atoms with Crippen molar-refractivity contribution in [3.05, 3.63) is 59.2 Å². The van der Waals surface area contributed by atoms with E-state index in [1.165, 1.54) is 0 Å². The molecule has 0 aliphatic rings. The molecule has 0 fully saturated rings. The maximum absolute atomic E-state index is 9.08. The van der Waals surface area contributed by atoms with Gasteiger partial charge in [-0.25, -0.2) is 0 Å². The second-order valence-electron chi connectivity index (χ2n) is 3.96. The number of hydrogen-bond acceptors (Lipinski definition) is 2. The van der Waals surface area contributed by atoms with Gasteiger partial charge in [0.05, 0.1) is 18.2 Å². The SMILES string of the molecule is Cc1cc(CO)ccc1-c1ccccc1C#N. The van der Waals surface area contributed by atoms with Crippen LogP contribution in [0.3, 0.4) is 0 Å². The summed E-state index contributed by atoms with van der Waals surface area (Å²) in [4.78, 5) is 0. The van der Waals surface area contributed by atoms with Gasteiger partial charge in [-0.3, -0.25) is 0 Å². The van der Waals surface area contributed by atoms with Gasteiger partial charge < -0.3 is 5.11 Å². The Kier molecular flexibility index (Phi) is 3.22. The molecule has 0 unspecified atom stereocenters. The van der Waals surface area contributed by atoms with Crippen LogP contribution in [0.5, 0.6) is 0 Å². The molecule has 17 heavy (non-hydrogen) atoms. The maximum Gasteiger partial charge on any atom is 0.0998 e. The molecule has 1 N–H and O–H groups in total. The van der Waals surface area contributed by atoms with Gasteiger partial charge in [-0.1, -0.05) is 36.4 Å². The Bertz CT molecular complexity index is 582. The van der Waals surface area contributed by atoms with Gasteiger partial charge in [0.2, 0.25) is 0 Å². The standard InChI is InChI=1S/C15H13NO/c1-11-8-12(10-17)6-7-14(11)15-5-3-2-4-13(15)9-16/h2-8,17H,10H2,1H3. The topological polar surface area (TPSA) is 44.0 Å². The van der Waals surface area contributed by atoms with Gasteiger partial charge in [0.25, 0.3) is 0 Å². The van der Waals surface area contributed by atoms with E-state index in [0.717, 1.165) is 22.3 Å². The number of hydrogen-bond donors (Lipinski definition) is 1. The fourth-order valence-corrected chi connectivity index (χ4v) is 1.94. The predicted octanol–water partition coefficient (Wildman–Crippen LogP) is 3.03. The van der Waals surface area contributed by atoms with Crippen LogP contribution in [-0.4, -0.2) is 5.11 Å². The zero-order chi connectivity index (χ0) is 12.3. The molecule has 2 rings (SSSR count). The summed E-state index contributed by atoms with van der Waals surface area (Å²) in [7, 11) is 0. The highest BCUT2D eigenvalue weighted by Gasteiger charge is 2.07. The molecular weight excluding hydrogens is 210 g/mol. The van der Waals surface area contributed by atoms with Gasteiger partial charge in [-0.2, -0.15) is 5.26 Å². The van der Waals surface area contributed by atoms with Crippen LogP contribution < -0.4 is 0 Å². The molecule has 0 atom stereocenters. The monoisotopic (exact) mass is 223 g/mol. The number of aliphatic hydroxyl groups excluding tert-OH is 1. The third-order valence-electron chi connectivity index (χ3n) is 2.81. The van der Waals surface area contributed by atoms with E-state index >= 15 is 0 Å². The van der Waals surface area contributed by atoms with Crippen molar-refractivity contribution >= 4 is 0 Å². The van der Waals surface area contributed by atoms with Gasteiger partial charge in [0, 0.05) is 0 Å². The fraction of sp³-hybridized carbons (Fsp3) is 0.133. The first kappa shape index (κ1) is 11.4. The van der Waals surface area contributed by atoms with Crippen LogP contribution in [0.15, 0.2) is 42.5 Å². The highest BCUT2D eigenvalue weighted by molar-refractivity contribution is 5.73. The Labute approximate surface area is 101 Å². The molecule has 0 heterocycles. The fourth-order valence-electron chi connectivity index (χ4n) is 1.94. The van der Waals surface area contributed by atoms with E-state index in [-0.39, 0.29) is 6.61 Å². The minimum Gasteiger partial charge on any atom is -0.392 e. The van der Waals surface area contributed by atoms with Crippen LogP contribution in [0.25, 0.3) is 11.1 Å². The molecule has 2 heteroatoms. The van der Waals surface area contributed by atoms with Crippen molar-refractivity contribution in [3.63, 3.8) is 0 Å². The molecule has 0 aromatic heterocycles. The molecule has 0 aliphatic heterocycles. The van der Waals surface area contributed by atoms with E-state index < -0.39 is 0 Å². The molecule has 0 bridgehead atoms. The van der Waals surface area contributed by atoms with Crippen molar-refractivity contribution in [1.29, 1.82) is 5.26 Å². The van der Waals surface area contributed by atoms with Crippen molar-refractivity contribution < 1.29 is 5.11 Å². The number of benzene rings is 2. The maximum atomic E-state index is 9.08. The summed E-state index contributed by atoms with van der Waals surface area (Å²) < 4.78 is 0. The molecule has 2 aromatic carbocycles. The molecule has 0 spiro atoms. The zero-order valence-electron chi connectivity index (χ0n) is 9.64. The van der Waals surface area contributed by atoms with Gasteiger partial charge in [-0.05, 0) is 35.2 Å². The molecular formula is C15H13NO. The third kappa shape index (κ3) is 2.20. The summed E-state index contributed by atoms with van der Waals surface area (Å²) in [6.07, 6.45) is 0. The van der Waals surface area contributed by atoms with Crippen LogP contribution >= 0.6 is 0 Å². The van der Waals surface area contributed by atoms with E-state index in [0.29, 0.717) is 5.56 Å². The van der Waals surface area contributed by atoms with Crippen molar-refractivity contribution in [1.82, 2.24) is 0 Å². The third-order valence-corrected chi connectivity index (χ3v) is 2.81. The van der Waals surface area contributed by atoms with Crippen LogP contribution in [0.4, 0.5) is 0 Å². The summed E-state index contributed by atoms with van der Waals surface area (Å²) in [6, 6.07) is 15.5. The quantitative estimate of drug-likeness (QED) is 0.850. The Hall–Kier alpha value is -2.11. The highest BCUT2D eigenvalue weighted by atomic mass is 16.3. The summed E-state index contributed by atoms with van der Waals surface area (Å²) in [5, 5.41) is 18.2. The number of aliphatic hydroxyl groups is 1. The van der Waals surface area contributed by atoms with Crippen LogP contribution in [-0.2, 0) is 6.61 Å². The van der Waals surface area contributed by atoms with Crippen molar-refractivity contribution in [2.75, 3.05) is 0 Å². The van der Waals surface area contributed by atoms with Gasteiger partial charge in [-0.15, -0.1) is 0 Å². The first-order valence-corrected chi connectivity index (χ1v) is 5.46. The Morgan fingerprint density at radius 1 is 1.12 bits per heavy atom. The first-order chi connectivity index (χ1) is 8.26. The molecule has 0 aliphatic carbocycles. The lowest BCUT2D eigenvalue weighted by Crippen LogP contribution is -1.90. The Balaban J connectivity index is 2.58. The highest BCUT2D eigenvalue weighted by Crippen LogP contribution is 2.27. The van der Waals surface area contributed by atoms with E-state index in [1.807, 2.05) is 49.4 Å². The largest absolute Gasteiger partial charge is 0.392 e. The number of nitrogens with zero attached hydrogens (tertiary/aromatic N) is 1. The zero-order valence-corrected chi connectivity index (χ0v) is 9.64. The van der Waals surface area contributed by atoms with E-state index in [9.17, 15) is 0 Å². The summed E-state index contributed by atoms with van der Waals surface area (Å²) in [5.41, 5.74) is 4.61. The first-order valence-electron chi connectivity index (χ1n) is 5.46. The molecule has 0 radical (unpaired) electrons. The van der Waals surface area contributed by atoms with E-state index in [4.69, 9.17) is 10.4 Å². The molecule has 2 aromatic rings. The van der Waals surface area contributed by atoms with Crippen LogP contribution in [0, 0.1) is 18.3 Å². The Morgan fingerprint density at radius 3 is 2.53 bits per heavy atom. The normalized spacial score (nSPS) is 9.94.